The number of aliphatic hydroxyl groups is 1. The monoisotopic (exact) mass is 242 g/mol. The third-order valence-electron chi connectivity index (χ3n) is 2.92. The van der Waals surface area contributed by atoms with Crippen LogP contribution in [0, 0.1) is 5.92 Å². The normalized spacial score (nSPS) is 25.4. The average Bonchev–Trinajstić information content (AvgIpc) is 2.59. The van der Waals surface area contributed by atoms with Crippen LogP contribution in [0.25, 0.3) is 0 Å². The number of hydrogen-bond acceptors (Lipinski definition) is 5. The Labute approximate surface area is 94.2 Å². The van der Waals surface area contributed by atoms with E-state index in [0.717, 1.165) is 0 Å². The zero-order valence-corrected chi connectivity index (χ0v) is 9.52. The highest BCUT2D eigenvalue weighted by atomic mass is 32.2. The minimum absolute atomic E-state index is 0.0303. The van der Waals surface area contributed by atoms with Crippen LogP contribution in [0.1, 0.15) is 18.1 Å². The first-order valence-corrected chi connectivity index (χ1v) is 6.89. The number of anilines is 1. The molecule has 1 aliphatic rings. The Kier molecular flexibility index (Phi) is 2.86. The van der Waals surface area contributed by atoms with E-state index in [2.05, 4.69) is 4.98 Å². The van der Waals surface area contributed by atoms with Crippen LogP contribution in [0.4, 0.5) is 5.69 Å². The smallest absolute Gasteiger partial charge is 0.150 e. The molecule has 2 heterocycles. The molecule has 1 aromatic heterocycles. The second-order valence-electron chi connectivity index (χ2n) is 4.11. The molecule has 0 amide bonds. The van der Waals surface area contributed by atoms with Crippen molar-refractivity contribution in [2.45, 2.75) is 12.5 Å². The van der Waals surface area contributed by atoms with E-state index in [1.807, 2.05) is 0 Å². The predicted octanol–water partition coefficient (Wildman–Crippen LogP) is 0.132. The van der Waals surface area contributed by atoms with Crippen LogP contribution in [0.2, 0.25) is 0 Å². The molecule has 1 saturated heterocycles. The lowest BCUT2D eigenvalue weighted by Crippen LogP contribution is -2.15. The molecule has 6 heteroatoms. The van der Waals surface area contributed by atoms with Crippen molar-refractivity contribution in [3.63, 3.8) is 0 Å². The fourth-order valence-corrected chi connectivity index (χ4v) is 3.82. The first-order valence-electron chi connectivity index (χ1n) is 5.07. The summed E-state index contributed by atoms with van der Waals surface area (Å²) in [6, 6.07) is 1.60. The first kappa shape index (κ1) is 11.3. The highest BCUT2D eigenvalue weighted by Crippen LogP contribution is 2.33. The molecule has 2 rings (SSSR count). The zero-order valence-electron chi connectivity index (χ0n) is 8.70. The molecule has 0 aliphatic carbocycles. The number of sulfone groups is 1. The number of rotatable bonds is 2. The maximum absolute atomic E-state index is 11.3. The predicted molar refractivity (Wildman–Crippen MR) is 60.4 cm³/mol. The van der Waals surface area contributed by atoms with Crippen LogP contribution in [-0.2, 0) is 9.84 Å². The molecule has 0 bridgehead atoms. The minimum atomic E-state index is -2.98. The van der Waals surface area contributed by atoms with Gasteiger partial charge in [-0.3, -0.25) is 4.98 Å². The Hall–Kier alpha value is -1.14. The van der Waals surface area contributed by atoms with E-state index in [-0.39, 0.29) is 17.4 Å². The quantitative estimate of drug-likeness (QED) is 0.769. The molecule has 2 atom stereocenters. The Morgan fingerprint density at radius 1 is 1.56 bits per heavy atom. The molecule has 0 spiro atoms. The maximum Gasteiger partial charge on any atom is 0.150 e. The largest absolute Gasteiger partial charge is 0.398 e. The molecule has 16 heavy (non-hydrogen) atoms. The van der Waals surface area contributed by atoms with E-state index in [1.165, 1.54) is 12.4 Å². The first-order chi connectivity index (χ1) is 7.49. The molecular formula is C10H14N2O3S. The Balaban J connectivity index is 2.21. The van der Waals surface area contributed by atoms with Crippen molar-refractivity contribution >= 4 is 15.5 Å². The summed E-state index contributed by atoms with van der Waals surface area (Å²) in [6.07, 6.45) is 2.67. The van der Waals surface area contributed by atoms with E-state index in [0.29, 0.717) is 17.7 Å². The summed E-state index contributed by atoms with van der Waals surface area (Å²) >= 11 is 0. The maximum atomic E-state index is 11.3. The second kappa shape index (κ2) is 4.03. The van der Waals surface area contributed by atoms with E-state index in [4.69, 9.17) is 5.73 Å². The lowest BCUT2D eigenvalue weighted by molar-refractivity contribution is 0.121. The summed E-state index contributed by atoms with van der Waals surface area (Å²) in [5, 5.41) is 10.0. The number of aliphatic hydroxyl groups excluding tert-OH is 1. The third-order valence-corrected chi connectivity index (χ3v) is 4.71. The van der Waals surface area contributed by atoms with Gasteiger partial charge in [0.25, 0.3) is 0 Å². The number of pyridine rings is 1. The highest BCUT2D eigenvalue weighted by Gasteiger charge is 2.34. The van der Waals surface area contributed by atoms with Gasteiger partial charge in [0, 0.05) is 29.6 Å². The van der Waals surface area contributed by atoms with Gasteiger partial charge in [0.1, 0.15) is 0 Å². The van der Waals surface area contributed by atoms with E-state index < -0.39 is 15.9 Å². The minimum Gasteiger partial charge on any atom is -0.398 e. The molecule has 0 radical (unpaired) electrons. The van der Waals surface area contributed by atoms with Gasteiger partial charge >= 0.3 is 0 Å². The van der Waals surface area contributed by atoms with Gasteiger partial charge in [-0.1, -0.05) is 0 Å². The van der Waals surface area contributed by atoms with Crippen molar-refractivity contribution in [3.05, 3.63) is 24.0 Å². The number of nitrogens with zero attached hydrogens (tertiary/aromatic N) is 1. The number of hydrogen-bond donors (Lipinski definition) is 2. The Morgan fingerprint density at radius 2 is 2.31 bits per heavy atom. The molecule has 1 aromatic rings. The SMILES string of the molecule is Nc1ccncc1C(O)C1CCS(=O)(=O)C1. The van der Waals surface area contributed by atoms with Crippen LogP contribution >= 0.6 is 0 Å². The number of nitrogen functional groups attached to an aromatic ring is 1. The van der Waals surface area contributed by atoms with Crippen molar-refractivity contribution in [2.24, 2.45) is 5.92 Å². The zero-order chi connectivity index (χ0) is 11.8. The van der Waals surface area contributed by atoms with Crippen molar-refractivity contribution in [2.75, 3.05) is 17.2 Å². The molecule has 5 nitrogen and oxygen atoms in total. The summed E-state index contributed by atoms with van der Waals surface area (Å²) in [4.78, 5) is 3.88. The highest BCUT2D eigenvalue weighted by molar-refractivity contribution is 7.91. The molecule has 1 aliphatic heterocycles. The van der Waals surface area contributed by atoms with Gasteiger partial charge in [0.2, 0.25) is 0 Å². The fraction of sp³-hybridized carbons (Fsp3) is 0.500. The van der Waals surface area contributed by atoms with E-state index in [1.54, 1.807) is 6.07 Å². The molecule has 0 aromatic carbocycles. The Bertz CT molecular complexity index is 487. The van der Waals surface area contributed by atoms with E-state index >= 15 is 0 Å². The summed E-state index contributed by atoms with van der Waals surface area (Å²) in [5.41, 5.74) is 6.68. The van der Waals surface area contributed by atoms with Crippen molar-refractivity contribution < 1.29 is 13.5 Å². The van der Waals surface area contributed by atoms with Crippen molar-refractivity contribution in [1.82, 2.24) is 4.98 Å². The van der Waals surface area contributed by atoms with Gasteiger partial charge in [-0.25, -0.2) is 8.42 Å². The number of aromatic nitrogens is 1. The van der Waals surface area contributed by atoms with Gasteiger partial charge in [-0.15, -0.1) is 0 Å². The number of nitrogens with two attached hydrogens (primary N) is 1. The summed E-state index contributed by atoms with van der Waals surface area (Å²) in [7, 11) is -2.98. The average molecular weight is 242 g/mol. The lowest BCUT2D eigenvalue weighted by Gasteiger charge is -2.17. The van der Waals surface area contributed by atoms with Gasteiger partial charge in [-0.05, 0) is 12.5 Å². The van der Waals surface area contributed by atoms with Crippen molar-refractivity contribution in [1.29, 1.82) is 0 Å². The van der Waals surface area contributed by atoms with Crippen LogP contribution in [0.3, 0.4) is 0 Å². The Morgan fingerprint density at radius 3 is 2.88 bits per heavy atom. The summed E-state index contributed by atoms with van der Waals surface area (Å²) in [6.45, 7) is 0. The van der Waals surface area contributed by atoms with Gasteiger partial charge in [0.05, 0.1) is 17.6 Å². The topological polar surface area (TPSA) is 93.3 Å². The van der Waals surface area contributed by atoms with Crippen molar-refractivity contribution in [3.8, 4) is 0 Å². The molecule has 0 saturated carbocycles. The fourth-order valence-electron chi connectivity index (χ4n) is 1.99. The summed E-state index contributed by atoms with van der Waals surface area (Å²) in [5.74, 6) is -0.0892. The molecule has 88 valence electrons. The van der Waals surface area contributed by atoms with E-state index in [9.17, 15) is 13.5 Å². The standard InChI is InChI=1S/C10H14N2O3S/c11-9-1-3-12-5-8(9)10(13)7-2-4-16(14,15)6-7/h1,3,5,7,10,13H,2,4,6H2,(H2,11,12). The molecular weight excluding hydrogens is 228 g/mol. The molecule has 1 fully saturated rings. The van der Waals surface area contributed by atoms with Crippen LogP contribution < -0.4 is 5.73 Å². The van der Waals surface area contributed by atoms with Crippen LogP contribution in [-0.4, -0.2) is 30.0 Å². The van der Waals surface area contributed by atoms with Gasteiger partial charge < -0.3 is 10.8 Å². The third kappa shape index (κ3) is 2.17. The van der Waals surface area contributed by atoms with Crippen LogP contribution in [0.5, 0.6) is 0 Å². The molecule has 2 unspecified atom stereocenters. The van der Waals surface area contributed by atoms with Crippen LogP contribution in [0.15, 0.2) is 18.5 Å². The summed E-state index contributed by atoms with van der Waals surface area (Å²) < 4.78 is 22.6. The molecule has 3 N–H and O–H groups in total. The van der Waals surface area contributed by atoms with Gasteiger partial charge in [0.15, 0.2) is 9.84 Å². The van der Waals surface area contributed by atoms with Gasteiger partial charge in [-0.2, -0.15) is 0 Å². The second-order valence-corrected chi connectivity index (χ2v) is 6.34. The lowest BCUT2D eigenvalue weighted by atomic mass is 9.95.